The van der Waals surface area contributed by atoms with Gasteiger partial charge in [0.2, 0.25) is 11.8 Å². The average Bonchev–Trinajstić information content (AvgIpc) is 3.33. The molecule has 2 amide bonds. The van der Waals surface area contributed by atoms with Crippen LogP contribution in [0.5, 0.6) is 5.75 Å². The SMILES string of the molecule is CCCCOC1(c2ccccc2C)CN(C(=O)[C@@H](Cc2ccc(OC)cc2)NC(=O)CCc2cncn2C)C1. The topological polar surface area (TPSA) is 85.7 Å². The molecule has 1 aliphatic rings. The van der Waals surface area contributed by atoms with E-state index in [1.165, 1.54) is 0 Å². The van der Waals surface area contributed by atoms with Crippen LogP contribution < -0.4 is 10.1 Å². The zero-order chi connectivity index (χ0) is 27.8. The van der Waals surface area contributed by atoms with Crippen LogP contribution in [0.15, 0.2) is 61.1 Å². The molecule has 3 aromatic rings. The first-order valence-corrected chi connectivity index (χ1v) is 13.7. The number of carbonyl (C=O) groups excluding carboxylic acids is 2. The fraction of sp³-hybridized carbons (Fsp3) is 0.452. The molecule has 1 aliphatic heterocycles. The van der Waals surface area contributed by atoms with Crippen molar-refractivity contribution in [3.63, 3.8) is 0 Å². The number of rotatable bonds is 13. The standard InChI is InChI=1S/C31H40N4O4/c1-5-6-17-39-31(27-10-8-7-9-23(27)2)20-35(21-31)30(37)28(18-24-11-14-26(38-4)15-12-24)33-29(36)16-13-25-19-32-22-34(25)3/h7-12,14-15,19,22,28H,5-6,13,16-18,20-21H2,1-4H3,(H,33,36)/t28-/m1/s1. The Hall–Kier alpha value is -3.65. The summed E-state index contributed by atoms with van der Waals surface area (Å²) in [6, 6.07) is 15.1. The first kappa shape index (κ1) is 28.4. The predicted octanol–water partition coefficient (Wildman–Crippen LogP) is 3.95. The fourth-order valence-electron chi connectivity index (χ4n) is 5.11. The maximum absolute atomic E-state index is 13.8. The van der Waals surface area contributed by atoms with E-state index in [4.69, 9.17) is 9.47 Å². The molecule has 2 aromatic carbocycles. The first-order valence-electron chi connectivity index (χ1n) is 13.7. The van der Waals surface area contributed by atoms with Gasteiger partial charge in [0.1, 0.15) is 17.4 Å². The number of aryl methyl sites for hydroxylation is 3. The van der Waals surface area contributed by atoms with Gasteiger partial charge in [-0.2, -0.15) is 0 Å². The van der Waals surface area contributed by atoms with Crippen LogP contribution in [0.4, 0.5) is 0 Å². The van der Waals surface area contributed by atoms with E-state index < -0.39 is 11.6 Å². The number of likely N-dealkylation sites (tertiary alicyclic amines) is 1. The summed E-state index contributed by atoms with van der Waals surface area (Å²) in [6.07, 6.45) is 6.71. The number of unbranched alkanes of at least 4 members (excludes halogenated alkanes) is 1. The Morgan fingerprint density at radius 3 is 2.51 bits per heavy atom. The van der Waals surface area contributed by atoms with Crippen LogP contribution in [0.1, 0.15) is 48.6 Å². The van der Waals surface area contributed by atoms with Crippen molar-refractivity contribution in [1.29, 1.82) is 0 Å². The number of hydrogen-bond donors (Lipinski definition) is 1. The van der Waals surface area contributed by atoms with Crippen LogP contribution in [0.25, 0.3) is 0 Å². The number of aromatic nitrogens is 2. The number of carbonyl (C=O) groups is 2. The quantitative estimate of drug-likeness (QED) is 0.337. The van der Waals surface area contributed by atoms with Gasteiger partial charge in [-0.25, -0.2) is 4.98 Å². The molecule has 0 aliphatic carbocycles. The third-order valence-corrected chi connectivity index (χ3v) is 7.47. The minimum Gasteiger partial charge on any atom is -0.497 e. The van der Waals surface area contributed by atoms with E-state index >= 15 is 0 Å². The Bertz CT molecular complexity index is 1250. The van der Waals surface area contributed by atoms with Gasteiger partial charge >= 0.3 is 0 Å². The largest absolute Gasteiger partial charge is 0.497 e. The lowest BCUT2D eigenvalue weighted by Gasteiger charge is -2.51. The lowest BCUT2D eigenvalue weighted by atomic mass is 9.82. The fourth-order valence-corrected chi connectivity index (χ4v) is 5.11. The Morgan fingerprint density at radius 2 is 1.87 bits per heavy atom. The first-order chi connectivity index (χ1) is 18.8. The van der Waals surface area contributed by atoms with E-state index in [0.717, 1.165) is 41.0 Å². The lowest BCUT2D eigenvalue weighted by molar-refractivity contribution is -0.175. The third-order valence-electron chi connectivity index (χ3n) is 7.47. The number of nitrogens with one attached hydrogen (secondary N) is 1. The van der Waals surface area contributed by atoms with E-state index in [1.807, 2.05) is 52.9 Å². The molecule has 39 heavy (non-hydrogen) atoms. The van der Waals surface area contributed by atoms with E-state index in [1.54, 1.807) is 19.6 Å². The van der Waals surface area contributed by atoms with Gasteiger partial charge in [0.25, 0.3) is 0 Å². The Morgan fingerprint density at radius 1 is 1.13 bits per heavy atom. The van der Waals surface area contributed by atoms with Crippen molar-refractivity contribution in [3.8, 4) is 5.75 Å². The van der Waals surface area contributed by atoms with Crippen LogP contribution in [0.2, 0.25) is 0 Å². The van der Waals surface area contributed by atoms with Gasteiger partial charge in [-0.05, 0) is 48.6 Å². The molecule has 208 valence electrons. The summed E-state index contributed by atoms with van der Waals surface area (Å²) in [5, 5.41) is 3.02. The van der Waals surface area contributed by atoms with Crippen LogP contribution in [-0.2, 0) is 39.8 Å². The Balaban J connectivity index is 1.49. The van der Waals surface area contributed by atoms with Crippen molar-refractivity contribution in [2.45, 2.75) is 57.6 Å². The van der Waals surface area contributed by atoms with Gasteiger partial charge in [-0.15, -0.1) is 0 Å². The van der Waals surface area contributed by atoms with Gasteiger partial charge in [0, 0.05) is 38.4 Å². The van der Waals surface area contributed by atoms with Crippen molar-refractivity contribution in [1.82, 2.24) is 19.8 Å². The Labute approximate surface area is 231 Å². The highest BCUT2D eigenvalue weighted by atomic mass is 16.5. The van der Waals surface area contributed by atoms with E-state index in [0.29, 0.717) is 32.5 Å². The summed E-state index contributed by atoms with van der Waals surface area (Å²) in [4.78, 5) is 32.8. The molecule has 8 nitrogen and oxygen atoms in total. The number of methoxy groups -OCH3 is 1. The molecule has 8 heteroatoms. The van der Waals surface area contributed by atoms with Crippen molar-refractivity contribution in [2.75, 3.05) is 26.8 Å². The summed E-state index contributed by atoms with van der Waals surface area (Å²) in [6.45, 7) is 5.79. The van der Waals surface area contributed by atoms with E-state index in [2.05, 4.69) is 36.3 Å². The number of benzene rings is 2. The van der Waals surface area contributed by atoms with Crippen molar-refractivity contribution in [3.05, 3.63) is 83.4 Å². The summed E-state index contributed by atoms with van der Waals surface area (Å²) in [5.74, 6) is 0.493. The van der Waals surface area contributed by atoms with Crippen molar-refractivity contribution < 1.29 is 19.1 Å². The smallest absolute Gasteiger partial charge is 0.245 e. The number of imidazole rings is 1. The molecule has 0 bridgehead atoms. The summed E-state index contributed by atoms with van der Waals surface area (Å²) < 4.78 is 13.6. The minimum absolute atomic E-state index is 0.0944. The number of hydrogen-bond acceptors (Lipinski definition) is 5. The lowest BCUT2D eigenvalue weighted by Crippen LogP contribution is -2.66. The highest BCUT2D eigenvalue weighted by Crippen LogP contribution is 2.38. The minimum atomic E-state index is -0.678. The predicted molar refractivity (Wildman–Crippen MR) is 150 cm³/mol. The average molecular weight is 533 g/mol. The van der Waals surface area contributed by atoms with Gasteiger partial charge in [0.05, 0.1) is 26.5 Å². The molecule has 0 saturated carbocycles. The summed E-state index contributed by atoms with van der Waals surface area (Å²) >= 11 is 0. The molecule has 1 aromatic heterocycles. The van der Waals surface area contributed by atoms with E-state index in [9.17, 15) is 9.59 Å². The molecule has 2 heterocycles. The number of amides is 2. The van der Waals surface area contributed by atoms with Gasteiger partial charge in [-0.3, -0.25) is 9.59 Å². The van der Waals surface area contributed by atoms with Gasteiger partial charge in [-0.1, -0.05) is 49.7 Å². The molecule has 1 atom stereocenters. The zero-order valence-electron chi connectivity index (χ0n) is 23.5. The molecule has 1 saturated heterocycles. The van der Waals surface area contributed by atoms with Crippen molar-refractivity contribution >= 4 is 11.8 Å². The van der Waals surface area contributed by atoms with Crippen LogP contribution in [-0.4, -0.2) is 59.1 Å². The van der Waals surface area contributed by atoms with Gasteiger partial charge < -0.3 is 24.3 Å². The van der Waals surface area contributed by atoms with E-state index in [-0.39, 0.29) is 18.2 Å². The molecule has 0 spiro atoms. The number of nitrogens with zero attached hydrogens (tertiary/aromatic N) is 3. The third kappa shape index (κ3) is 6.87. The molecular formula is C31H40N4O4. The van der Waals surface area contributed by atoms with Crippen molar-refractivity contribution in [2.24, 2.45) is 7.05 Å². The van der Waals surface area contributed by atoms with Crippen LogP contribution in [0, 0.1) is 6.92 Å². The second-order valence-electron chi connectivity index (χ2n) is 10.4. The molecule has 1 N–H and O–H groups in total. The maximum atomic E-state index is 13.8. The highest BCUT2D eigenvalue weighted by molar-refractivity contribution is 5.88. The molecule has 4 rings (SSSR count). The summed E-state index contributed by atoms with van der Waals surface area (Å²) in [5.41, 5.74) is 3.67. The normalized spacial score (nSPS) is 14.9. The number of ether oxygens (including phenoxy) is 2. The summed E-state index contributed by atoms with van der Waals surface area (Å²) in [7, 11) is 3.53. The maximum Gasteiger partial charge on any atom is 0.245 e. The van der Waals surface area contributed by atoms with Gasteiger partial charge in [0.15, 0.2) is 0 Å². The van der Waals surface area contributed by atoms with Crippen LogP contribution in [0.3, 0.4) is 0 Å². The molecule has 0 unspecified atom stereocenters. The monoisotopic (exact) mass is 532 g/mol. The molecular weight excluding hydrogens is 492 g/mol. The highest BCUT2D eigenvalue weighted by Gasteiger charge is 2.49. The second kappa shape index (κ2) is 12.9. The molecule has 0 radical (unpaired) electrons. The molecule has 1 fully saturated rings. The van der Waals surface area contributed by atoms with Crippen LogP contribution >= 0.6 is 0 Å². The second-order valence-corrected chi connectivity index (χ2v) is 10.4. The zero-order valence-corrected chi connectivity index (χ0v) is 23.5. The Kier molecular flexibility index (Phi) is 9.41.